The maximum Gasteiger partial charge on any atom is 0.338 e. The zero-order valence-corrected chi connectivity index (χ0v) is 16.8. The number of rotatable bonds is 8. The highest BCUT2D eigenvalue weighted by atomic mass is 17.2. The molecule has 0 amide bonds. The molecule has 2 heterocycles. The predicted molar refractivity (Wildman–Crippen MR) is 104 cm³/mol. The van der Waals surface area contributed by atoms with Gasteiger partial charge in [-0.1, -0.05) is 12.1 Å². The third kappa shape index (κ3) is 4.57. The summed E-state index contributed by atoms with van der Waals surface area (Å²) < 4.78 is 27.4. The van der Waals surface area contributed by atoms with Crippen LogP contribution in [0.2, 0.25) is 0 Å². The highest BCUT2D eigenvalue weighted by molar-refractivity contribution is 5.89. The number of hydrogen-bond acceptors (Lipinski definition) is 8. The first-order valence-corrected chi connectivity index (χ1v) is 9.67. The second-order valence-corrected chi connectivity index (χ2v) is 7.01. The van der Waals surface area contributed by atoms with Gasteiger partial charge in [0.2, 0.25) is 0 Å². The van der Waals surface area contributed by atoms with Crippen LogP contribution in [0.1, 0.15) is 15.9 Å². The SMILES string of the molecule is COc1ccc(COO[C@@H]2COC3C(OC(=O)c4ccc(OC)cc4)COC32)cc1. The van der Waals surface area contributed by atoms with E-state index in [1.54, 1.807) is 38.5 Å². The Morgan fingerprint density at radius 1 is 0.867 bits per heavy atom. The van der Waals surface area contributed by atoms with Crippen molar-refractivity contribution >= 4 is 5.97 Å². The van der Waals surface area contributed by atoms with E-state index in [9.17, 15) is 4.79 Å². The summed E-state index contributed by atoms with van der Waals surface area (Å²) in [5.74, 6) is 1.02. The van der Waals surface area contributed by atoms with Crippen molar-refractivity contribution in [3.63, 3.8) is 0 Å². The van der Waals surface area contributed by atoms with Gasteiger partial charge in [-0.3, -0.25) is 0 Å². The minimum Gasteiger partial charge on any atom is -0.497 e. The third-order valence-electron chi connectivity index (χ3n) is 5.12. The lowest BCUT2D eigenvalue weighted by Crippen LogP contribution is -2.35. The molecule has 2 aliphatic heterocycles. The normalized spacial score (nSPS) is 25.0. The minimum absolute atomic E-state index is 0.246. The van der Waals surface area contributed by atoms with Crippen molar-refractivity contribution in [1.82, 2.24) is 0 Å². The van der Waals surface area contributed by atoms with E-state index >= 15 is 0 Å². The van der Waals surface area contributed by atoms with E-state index < -0.39 is 18.2 Å². The number of methoxy groups -OCH3 is 2. The summed E-state index contributed by atoms with van der Waals surface area (Å²) >= 11 is 0. The lowest BCUT2D eigenvalue weighted by atomic mass is 10.1. The molecule has 0 aromatic heterocycles. The number of ether oxygens (including phenoxy) is 5. The topological polar surface area (TPSA) is 81.7 Å². The molecule has 0 spiro atoms. The fourth-order valence-corrected chi connectivity index (χ4v) is 3.46. The average Bonchev–Trinajstić information content (AvgIpc) is 3.37. The zero-order chi connectivity index (χ0) is 20.9. The molecule has 0 aliphatic carbocycles. The van der Waals surface area contributed by atoms with Crippen LogP contribution in [0.15, 0.2) is 48.5 Å². The molecule has 3 unspecified atom stereocenters. The van der Waals surface area contributed by atoms with Gasteiger partial charge in [-0.2, -0.15) is 0 Å². The Balaban J connectivity index is 1.25. The molecule has 4 atom stereocenters. The van der Waals surface area contributed by atoms with Crippen LogP contribution in [0.25, 0.3) is 0 Å². The average molecular weight is 416 g/mol. The molecular formula is C22H24O8. The van der Waals surface area contributed by atoms with Crippen LogP contribution < -0.4 is 9.47 Å². The predicted octanol–water partition coefficient (Wildman–Crippen LogP) is 2.54. The van der Waals surface area contributed by atoms with Crippen molar-refractivity contribution in [1.29, 1.82) is 0 Å². The quantitative estimate of drug-likeness (QED) is 0.369. The summed E-state index contributed by atoms with van der Waals surface area (Å²) in [6.45, 7) is 0.831. The smallest absolute Gasteiger partial charge is 0.338 e. The Morgan fingerprint density at radius 3 is 2.07 bits per heavy atom. The molecule has 2 aromatic carbocycles. The molecule has 160 valence electrons. The van der Waals surface area contributed by atoms with Gasteiger partial charge in [0.05, 0.1) is 33.0 Å². The first-order valence-electron chi connectivity index (χ1n) is 9.67. The van der Waals surface area contributed by atoms with Gasteiger partial charge in [-0.15, -0.1) is 0 Å². The molecule has 2 fully saturated rings. The first kappa shape index (κ1) is 20.6. The Bertz CT molecular complexity index is 835. The van der Waals surface area contributed by atoms with Crippen molar-refractivity contribution in [3.8, 4) is 11.5 Å². The standard InChI is InChI=1S/C22H24O8/c1-24-16-7-3-14(4-8-16)11-28-30-19-13-27-20-18(12-26-21(19)20)29-22(23)15-5-9-17(25-2)10-6-15/h3-10,18-21H,11-13H2,1-2H3/t18?,19-,20?,21?/m1/s1. The number of hydrogen-bond donors (Lipinski definition) is 0. The summed E-state index contributed by atoms with van der Waals surface area (Å²) in [5, 5.41) is 0. The Labute approximate surface area is 174 Å². The molecular weight excluding hydrogens is 392 g/mol. The van der Waals surface area contributed by atoms with Crippen molar-refractivity contribution < 1.29 is 38.3 Å². The van der Waals surface area contributed by atoms with Gasteiger partial charge in [0.15, 0.2) is 6.10 Å². The van der Waals surface area contributed by atoms with Crippen LogP contribution in [-0.2, 0) is 30.6 Å². The van der Waals surface area contributed by atoms with Crippen LogP contribution in [0.5, 0.6) is 11.5 Å². The van der Waals surface area contributed by atoms with Crippen molar-refractivity contribution in [2.24, 2.45) is 0 Å². The summed E-state index contributed by atoms with van der Waals surface area (Å²) in [5.41, 5.74) is 1.39. The van der Waals surface area contributed by atoms with Gasteiger partial charge in [-0.25, -0.2) is 14.6 Å². The molecule has 2 aliphatic rings. The summed E-state index contributed by atoms with van der Waals surface area (Å²) in [6.07, 6.45) is -1.63. The van der Waals surface area contributed by atoms with E-state index in [2.05, 4.69) is 0 Å². The summed E-state index contributed by atoms with van der Waals surface area (Å²) in [7, 11) is 3.19. The molecule has 2 aromatic rings. The number of fused-ring (bicyclic) bond motifs is 1. The van der Waals surface area contributed by atoms with Crippen LogP contribution in [0.3, 0.4) is 0 Å². The van der Waals surface area contributed by atoms with E-state index in [0.29, 0.717) is 17.9 Å². The minimum atomic E-state index is -0.500. The molecule has 0 radical (unpaired) electrons. The summed E-state index contributed by atoms with van der Waals surface area (Å²) in [6, 6.07) is 14.2. The van der Waals surface area contributed by atoms with Crippen LogP contribution in [0.4, 0.5) is 0 Å². The van der Waals surface area contributed by atoms with Gasteiger partial charge in [-0.05, 0) is 42.0 Å². The molecule has 0 saturated carbocycles. The van der Waals surface area contributed by atoms with E-state index in [1.807, 2.05) is 24.3 Å². The Hall–Kier alpha value is -2.65. The highest BCUT2D eigenvalue weighted by Gasteiger charge is 2.50. The third-order valence-corrected chi connectivity index (χ3v) is 5.12. The van der Waals surface area contributed by atoms with Crippen molar-refractivity contribution in [3.05, 3.63) is 59.7 Å². The molecule has 4 rings (SSSR count). The van der Waals surface area contributed by atoms with Crippen LogP contribution in [0, 0.1) is 0 Å². The van der Waals surface area contributed by atoms with Crippen LogP contribution >= 0.6 is 0 Å². The van der Waals surface area contributed by atoms with Gasteiger partial charge in [0.25, 0.3) is 0 Å². The van der Waals surface area contributed by atoms with Crippen molar-refractivity contribution in [2.45, 2.75) is 31.0 Å². The van der Waals surface area contributed by atoms with Gasteiger partial charge < -0.3 is 23.7 Å². The molecule has 8 heteroatoms. The molecule has 0 bridgehead atoms. The van der Waals surface area contributed by atoms with Crippen LogP contribution in [-0.4, -0.2) is 57.8 Å². The van der Waals surface area contributed by atoms with Gasteiger partial charge >= 0.3 is 5.97 Å². The Kier molecular flexibility index (Phi) is 6.49. The lowest BCUT2D eigenvalue weighted by Gasteiger charge is -2.17. The maximum absolute atomic E-state index is 12.4. The summed E-state index contributed by atoms with van der Waals surface area (Å²) in [4.78, 5) is 23.3. The van der Waals surface area contributed by atoms with Gasteiger partial charge in [0, 0.05) is 0 Å². The monoisotopic (exact) mass is 416 g/mol. The molecule has 30 heavy (non-hydrogen) atoms. The molecule has 0 N–H and O–H groups in total. The zero-order valence-electron chi connectivity index (χ0n) is 16.8. The van der Waals surface area contributed by atoms with Crippen molar-refractivity contribution in [2.75, 3.05) is 27.4 Å². The Morgan fingerprint density at radius 2 is 1.43 bits per heavy atom. The van der Waals surface area contributed by atoms with E-state index in [1.165, 1.54) is 0 Å². The maximum atomic E-state index is 12.4. The second kappa shape index (κ2) is 9.44. The number of carbonyl (C=O) groups excluding carboxylic acids is 1. The van der Waals surface area contributed by atoms with E-state index in [-0.39, 0.29) is 25.4 Å². The fraction of sp³-hybridized carbons (Fsp3) is 0.409. The number of esters is 1. The highest BCUT2D eigenvalue weighted by Crippen LogP contribution is 2.31. The van der Waals surface area contributed by atoms with E-state index in [4.69, 9.17) is 33.5 Å². The fourth-order valence-electron chi connectivity index (χ4n) is 3.46. The van der Waals surface area contributed by atoms with Gasteiger partial charge in [0.1, 0.15) is 36.4 Å². The first-order chi connectivity index (χ1) is 14.7. The largest absolute Gasteiger partial charge is 0.497 e. The molecule has 8 nitrogen and oxygen atoms in total. The second-order valence-electron chi connectivity index (χ2n) is 7.01. The molecule has 2 saturated heterocycles. The number of benzene rings is 2. The lowest BCUT2D eigenvalue weighted by molar-refractivity contribution is -0.341. The number of carbonyl (C=O) groups is 1. The van der Waals surface area contributed by atoms with E-state index in [0.717, 1.165) is 11.3 Å².